The Labute approximate surface area is 166 Å². The van der Waals surface area contributed by atoms with Gasteiger partial charge >= 0.3 is 0 Å². The summed E-state index contributed by atoms with van der Waals surface area (Å²) >= 11 is 6.84. The molecule has 0 fully saturated rings. The van der Waals surface area contributed by atoms with Gasteiger partial charge in [-0.3, -0.25) is 0 Å². The molecule has 0 saturated carbocycles. The lowest BCUT2D eigenvalue weighted by atomic mass is 10.3. The minimum atomic E-state index is -2.60. The third-order valence-electron chi connectivity index (χ3n) is 3.53. The van der Waals surface area contributed by atoms with Gasteiger partial charge in [0.25, 0.3) is 0 Å². The molecule has 0 bridgehead atoms. The SMILES string of the molecule is CCN(C)C=Nc1cc(Br)c(N=S(C)(=O)c2ccc(Br)cc2)nc1C. The van der Waals surface area contributed by atoms with Gasteiger partial charge in [-0.15, -0.1) is 0 Å². The highest BCUT2D eigenvalue weighted by Gasteiger charge is 2.11. The summed E-state index contributed by atoms with van der Waals surface area (Å²) in [5, 5.41) is 0. The molecule has 1 heterocycles. The van der Waals surface area contributed by atoms with Crippen LogP contribution in [0.15, 0.2) is 53.5 Å². The molecule has 0 saturated heterocycles. The molecule has 0 aliphatic heterocycles. The van der Waals surface area contributed by atoms with Gasteiger partial charge in [0.2, 0.25) is 0 Å². The van der Waals surface area contributed by atoms with Crippen LogP contribution in [0.5, 0.6) is 0 Å². The Kier molecular flexibility index (Phi) is 6.76. The van der Waals surface area contributed by atoms with Crippen molar-refractivity contribution in [2.45, 2.75) is 18.7 Å². The van der Waals surface area contributed by atoms with Gasteiger partial charge in [-0.1, -0.05) is 15.9 Å². The first-order valence-electron chi connectivity index (χ1n) is 7.62. The quantitative estimate of drug-likeness (QED) is 0.423. The Hall–Kier alpha value is -1.25. The summed E-state index contributed by atoms with van der Waals surface area (Å²) in [6.07, 6.45) is 3.38. The molecule has 1 aromatic carbocycles. The zero-order chi connectivity index (χ0) is 18.6. The van der Waals surface area contributed by atoms with Crippen LogP contribution < -0.4 is 0 Å². The van der Waals surface area contributed by atoms with E-state index >= 15 is 0 Å². The van der Waals surface area contributed by atoms with E-state index in [1.807, 2.05) is 37.1 Å². The minimum absolute atomic E-state index is 0.413. The summed E-state index contributed by atoms with van der Waals surface area (Å²) in [6.45, 7) is 4.78. The van der Waals surface area contributed by atoms with E-state index in [2.05, 4.69) is 53.1 Å². The van der Waals surface area contributed by atoms with Crippen LogP contribution in [0.25, 0.3) is 0 Å². The second-order valence-electron chi connectivity index (χ2n) is 5.56. The van der Waals surface area contributed by atoms with E-state index in [1.54, 1.807) is 24.7 Å². The third kappa shape index (κ3) is 5.36. The lowest BCUT2D eigenvalue weighted by Crippen LogP contribution is -2.14. The maximum Gasteiger partial charge on any atom is 0.176 e. The van der Waals surface area contributed by atoms with Gasteiger partial charge < -0.3 is 4.90 Å². The number of aliphatic imine (C=N–C) groups is 1. The third-order valence-corrected chi connectivity index (χ3v) is 6.31. The zero-order valence-corrected chi connectivity index (χ0v) is 18.5. The van der Waals surface area contributed by atoms with Crippen molar-refractivity contribution in [3.8, 4) is 0 Å². The van der Waals surface area contributed by atoms with E-state index in [0.29, 0.717) is 15.2 Å². The van der Waals surface area contributed by atoms with Crippen molar-refractivity contribution in [2.24, 2.45) is 9.36 Å². The summed E-state index contributed by atoms with van der Waals surface area (Å²) in [7, 11) is -0.643. The topological polar surface area (TPSA) is 57.9 Å². The fraction of sp³-hybridized carbons (Fsp3) is 0.294. The molecule has 5 nitrogen and oxygen atoms in total. The highest BCUT2D eigenvalue weighted by molar-refractivity contribution is 9.10. The summed E-state index contributed by atoms with van der Waals surface area (Å²) < 4.78 is 19.0. The molecule has 8 heteroatoms. The Balaban J connectivity index is 2.43. The first-order chi connectivity index (χ1) is 11.7. The fourth-order valence-electron chi connectivity index (χ4n) is 1.90. The number of rotatable bonds is 5. The number of aryl methyl sites for hydroxylation is 1. The number of halogens is 2. The molecule has 0 aliphatic rings. The van der Waals surface area contributed by atoms with Crippen molar-refractivity contribution >= 4 is 59.4 Å². The van der Waals surface area contributed by atoms with E-state index in [9.17, 15) is 4.21 Å². The van der Waals surface area contributed by atoms with E-state index in [1.165, 1.54) is 0 Å². The number of aromatic nitrogens is 1. The van der Waals surface area contributed by atoms with Gasteiger partial charge in [-0.2, -0.15) is 4.36 Å². The summed E-state index contributed by atoms with van der Waals surface area (Å²) in [5.74, 6) is 0.413. The van der Waals surface area contributed by atoms with Crippen LogP contribution in [0.1, 0.15) is 12.6 Å². The van der Waals surface area contributed by atoms with Gasteiger partial charge in [-0.25, -0.2) is 14.2 Å². The van der Waals surface area contributed by atoms with E-state index in [4.69, 9.17) is 0 Å². The molecule has 1 atom stereocenters. The zero-order valence-electron chi connectivity index (χ0n) is 14.5. The van der Waals surface area contributed by atoms with E-state index < -0.39 is 9.73 Å². The van der Waals surface area contributed by atoms with Crippen LogP contribution in [0, 0.1) is 6.92 Å². The number of hydrogen-bond donors (Lipinski definition) is 0. The second-order valence-corrected chi connectivity index (χ2v) is 9.59. The van der Waals surface area contributed by atoms with E-state index in [-0.39, 0.29) is 0 Å². The molecule has 2 rings (SSSR count). The summed E-state index contributed by atoms with van der Waals surface area (Å²) in [6, 6.07) is 9.15. The van der Waals surface area contributed by atoms with E-state index in [0.717, 1.165) is 22.4 Å². The van der Waals surface area contributed by atoms with Gasteiger partial charge in [0, 0.05) is 29.2 Å². The molecule has 25 heavy (non-hydrogen) atoms. The van der Waals surface area contributed by atoms with Crippen molar-refractivity contribution < 1.29 is 4.21 Å². The molecule has 0 N–H and O–H groups in total. The fourth-order valence-corrected chi connectivity index (χ4v) is 3.89. The summed E-state index contributed by atoms with van der Waals surface area (Å²) in [5.41, 5.74) is 1.48. The van der Waals surface area contributed by atoms with Crippen molar-refractivity contribution in [1.29, 1.82) is 0 Å². The first kappa shape index (κ1) is 20.1. The predicted molar refractivity (Wildman–Crippen MR) is 112 cm³/mol. The number of nitrogens with zero attached hydrogens (tertiary/aromatic N) is 4. The van der Waals surface area contributed by atoms with Crippen LogP contribution in [-0.2, 0) is 9.73 Å². The average Bonchev–Trinajstić information content (AvgIpc) is 2.56. The normalized spacial score (nSPS) is 13.7. The molecule has 2 aromatic rings. The lowest BCUT2D eigenvalue weighted by Gasteiger charge is -2.10. The van der Waals surface area contributed by atoms with Crippen LogP contribution in [-0.4, -0.2) is 40.3 Å². The average molecular weight is 488 g/mol. The Bertz CT molecular complexity index is 904. The number of pyridine rings is 1. The monoisotopic (exact) mass is 486 g/mol. The van der Waals surface area contributed by atoms with Gasteiger partial charge in [-0.05, 0) is 60.1 Å². The highest BCUT2D eigenvalue weighted by atomic mass is 79.9. The van der Waals surface area contributed by atoms with Crippen LogP contribution in [0.3, 0.4) is 0 Å². The van der Waals surface area contributed by atoms with Gasteiger partial charge in [0.05, 0.1) is 31.9 Å². The smallest absolute Gasteiger partial charge is 0.176 e. The first-order valence-corrected chi connectivity index (χ1v) is 11.1. The van der Waals surface area contributed by atoms with Crippen LogP contribution in [0.4, 0.5) is 11.5 Å². The second kappa shape index (κ2) is 8.42. The molecule has 1 unspecified atom stereocenters. The number of benzene rings is 1. The van der Waals surface area contributed by atoms with Crippen molar-refractivity contribution in [2.75, 3.05) is 19.8 Å². The van der Waals surface area contributed by atoms with Crippen LogP contribution >= 0.6 is 31.9 Å². The number of hydrogen-bond acceptors (Lipinski definition) is 4. The molecule has 134 valence electrons. The summed E-state index contributed by atoms with van der Waals surface area (Å²) in [4.78, 5) is 11.5. The molecule has 0 amide bonds. The molecule has 1 aromatic heterocycles. The Morgan fingerprint density at radius 3 is 2.52 bits per heavy atom. The van der Waals surface area contributed by atoms with Gasteiger partial charge in [0.1, 0.15) is 0 Å². The molecule has 0 spiro atoms. The predicted octanol–water partition coefficient (Wildman–Crippen LogP) is 5.31. The lowest BCUT2D eigenvalue weighted by molar-refractivity contribution is 0.552. The maximum atomic E-state index is 13.0. The van der Waals surface area contributed by atoms with Crippen molar-refractivity contribution in [1.82, 2.24) is 9.88 Å². The largest absolute Gasteiger partial charge is 0.366 e. The molecule has 0 aliphatic carbocycles. The van der Waals surface area contributed by atoms with Crippen molar-refractivity contribution in [3.05, 3.63) is 45.0 Å². The Morgan fingerprint density at radius 1 is 1.28 bits per heavy atom. The van der Waals surface area contributed by atoms with Crippen LogP contribution in [0.2, 0.25) is 0 Å². The molecule has 0 radical (unpaired) electrons. The standard InChI is InChI=1S/C17H20Br2N4OS/c1-5-23(3)11-20-16-10-15(19)17(21-12(16)2)22-25(4,24)14-8-6-13(18)7-9-14/h6-11H,5H2,1-4H3. The van der Waals surface area contributed by atoms with Gasteiger partial charge in [0.15, 0.2) is 5.82 Å². The highest BCUT2D eigenvalue weighted by Crippen LogP contribution is 2.31. The molecular formula is C17H20Br2N4OS. The maximum absolute atomic E-state index is 13.0. The molecular weight excluding hydrogens is 468 g/mol. The minimum Gasteiger partial charge on any atom is -0.366 e. The van der Waals surface area contributed by atoms with Crippen molar-refractivity contribution in [3.63, 3.8) is 0 Å². The Morgan fingerprint density at radius 2 is 1.92 bits per heavy atom.